The standard InChI is InChI=1S/C10H10F4N2O2/c1-18-8-4-6(11)2-3-7(8)16-9(17)15-5-10(12,13)14/h2-4H,5H2,1H3,(H2,15,16,17). The van der Waals surface area contributed by atoms with Gasteiger partial charge in [-0.05, 0) is 12.1 Å². The molecular weight excluding hydrogens is 256 g/mol. The summed E-state index contributed by atoms with van der Waals surface area (Å²) >= 11 is 0. The number of anilines is 1. The summed E-state index contributed by atoms with van der Waals surface area (Å²) in [6.45, 7) is -1.46. The molecule has 0 aliphatic rings. The number of carbonyl (C=O) groups is 1. The van der Waals surface area contributed by atoms with E-state index in [9.17, 15) is 22.4 Å². The highest BCUT2D eigenvalue weighted by molar-refractivity contribution is 5.90. The summed E-state index contributed by atoms with van der Waals surface area (Å²) in [5, 5.41) is 3.73. The molecule has 4 nitrogen and oxygen atoms in total. The first-order valence-electron chi connectivity index (χ1n) is 4.77. The molecule has 0 spiro atoms. The highest BCUT2D eigenvalue weighted by atomic mass is 19.4. The van der Waals surface area contributed by atoms with Crippen LogP contribution in [0.2, 0.25) is 0 Å². The second-order valence-electron chi connectivity index (χ2n) is 3.27. The topological polar surface area (TPSA) is 50.4 Å². The Morgan fingerprint density at radius 1 is 1.39 bits per heavy atom. The van der Waals surface area contributed by atoms with Gasteiger partial charge in [0.1, 0.15) is 18.1 Å². The minimum atomic E-state index is -4.50. The fourth-order valence-corrected chi connectivity index (χ4v) is 1.12. The lowest BCUT2D eigenvalue weighted by Gasteiger charge is -2.12. The Morgan fingerprint density at radius 3 is 2.61 bits per heavy atom. The van der Waals surface area contributed by atoms with Gasteiger partial charge in [-0.1, -0.05) is 0 Å². The van der Waals surface area contributed by atoms with Crippen LogP contribution >= 0.6 is 0 Å². The van der Waals surface area contributed by atoms with Crippen LogP contribution in [0.5, 0.6) is 5.75 Å². The van der Waals surface area contributed by atoms with E-state index >= 15 is 0 Å². The van der Waals surface area contributed by atoms with Gasteiger partial charge in [0, 0.05) is 6.07 Å². The highest BCUT2D eigenvalue weighted by Crippen LogP contribution is 2.24. The maximum Gasteiger partial charge on any atom is 0.405 e. The highest BCUT2D eigenvalue weighted by Gasteiger charge is 2.27. The van der Waals surface area contributed by atoms with Crippen molar-refractivity contribution in [2.75, 3.05) is 19.0 Å². The number of hydrogen-bond donors (Lipinski definition) is 2. The van der Waals surface area contributed by atoms with Gasteiger partial charge in [0.15, 0.2) is 0 Å². The molecule has 0 aliphatic carbocycles. The molecule has 0 saturated heterocycles. The Morgan fingerprint density at radius 2 is 2.06 bits per heavy atom. The van der Waals surface area contributed by atoms with Gasteiger partial charge in [0.2, 0.25) is 0 Å². The molecule has 0 atom stereocenters. The van der Waals surface area contributed by atoms with Gasteiger partial charge < -0.3 is 15.4 Å². The van der Waals surface area contributed by atoms with Crippen molar-refractivity contribution in [3.63, 3.8) is 0 Å². The molecule has 0 aromatic heterocycles. The van der Waals surface area contributed by atoms with E-state index in [1.807, 2.05) is 0 Å². The Hall–Kier alpha value is -1.99. The van der Waals surface area contributed by atoms with Crippen LogP contribution in [-0.2, 0) is 0 Å². The number of methoxy groups -OCH3 is 1. The van der Waals surface area contributed by atoms with Crippen molar-refractivity contribution >= 4 is 11.7 Å². The summed E-state index contributed by atoms with van der Waals surface area (Å²) in [6.07, 6.45) is -4.50. The molecule has 1 aromatic carbocycles. The zero-order chi connectivity index (χ0) is 13.8. The molecule has 0 unspecified atom stereocenters. The SMILES string of the molecule is COc1cc(F)ccc1NC(=O)NCC(F)(F)F. The number of amides is 2. The zero-order valence-electron chi connectivity index (χ0n) is 9.27. The van der Waals surface area contributed by atoms with Crippen molar-refractivity contribution in [2.24, 2.45) is 0 Å². The largest absolute Gasteiger partial charge is 0.494 e. The number of halogens is 4. The van der Waals surface area contributed by atoms with Gasteiger partial charge in [-0.25, -0.2) is 9.18 Å². The van der Waals surface area contributed by atoms with Gasteiger partial charge in [-0.2, -0.15) is 13.2 Å². The monoisotopic (exact) mass is 266 g/mol. The van der Waals surface area contributed by atoms with Crippen molar-refractivity contribution < 1.29 is 27.1 Å². The van der Waals surface area contributed by atoms with Gasteiger partial charge in [0.05, 0.1) is 12.8 Å². The zero-order valence-corrected chi connectivity index (χ0v) is 9.27. The molecule has 8 heteroatoms. The van der Waals surface area contributed by atoms with Crippen molar-refractivity contribution in [1.29, 1.82) is 0 Å². The summed E-state index contributed by atoms with van der Waals surface area (Å²) in [6, 6.07) is 2.17. The Bertz CT molecular complexity index is 434. The van der Waals surface area contributed by atoms with Crippen LogP contribution in [0.25, 0.3) is 0 Å². The second-order valence-corrected chi connectivity index (χ2v) is 3.27. The molecule has 0 bridgehead atoms. The molecule has 2 N–H and O–H groups in total. The van der Waals surface area contributed by atoms with E-state index in [1.165, 1.54) is 13.2 Å². The maximum absolute atomic E-state index is 12.8. The minimum Gasteiger partial charge on any atom is -0.494 e. The van der Waals surface area contributed by atoms with Crippen LogP contribution in [0, 0.1) is 5.82 Å². The van der Waals surface area contributed by atoms with Crippen LogP contribution in [0.15, 0.2) is 18.2 Å². The third kappa shape index (κ3) is 4.48. The van der Waals surface area contributed by atoms with E-state index in [1.54, 1.807) is 5.32 Å². The van der Waals surface area contributed by atoms with E-state index in [0.717, 1.165) is 12.1 Å². The predicted molar refractivity (Wildman–Crippen MR) is 56.0 cm³/mol. The minimum absolute atomic E-state index is 0.0113. The molecule has 0 heterocycles. The summed E-state index contributed by atoms with van der Waals surface area (Å²) in [4.78, 5) is 11.1. The number of benzene rings is 1. The van der Waals surface area contributed by atoms with Gasteiger partial charge in [0.25, 0.3) is 0 Å². The fourth-order valence-electron chi connectivity index (χ4n) is 1.12. The lowest BCUT2D eigenvalue weighted by atomic mass is 10.3. The molecule has 100 valence electrons. The number of nitrogens with one attached hydrogen (secondary N) is 2. The number of hydrogen-bond acceptors (Lipinski definition) is 2. The van der Waals surface area contributed by atoms with Gasteiger partial charge in [-0.3, -0.25) is 0 Å². The third-order valence-electron chi connectivity index (χ3n) is 1.86. The van der Waals surface area contributed by atoms with E-state index < -0.39 is 24.6 Å². The maximum atomic E-state index is 12.8. The molecule has 2 amide bonds. The first-order valence-corrected chi connectivity index (χ1v) is 4.77. The van der Waals surface area contributed by atoms with Gasteiger partial charge >= 0.3 is 12.2 Å². The van der Waals surface area contributed by atoms with Crippen molar-refractivity contribution in [1.82, 2.24) is 5.32 Å². The van der Waals surface area contributed by atoms with Crippen LogP contribution in [0.4, 0.5) is 28.0 Å². The molecular formula is C10H10F4N2O2. The summed E-state index contributed by atoms with van der Waals surface area (Å²) in [5.41, 5.74) is 0.0681. The number of carbonyl (C=O) groups excluding carboxylic acids is 1. The molecule has 18 heavy (non-hydrogen) atoms. The Kier molecular flexibility index (Phi) is 4.35. The smallest absolute Gasteiger partial charge is 0.405 e. The van der Waals surface area contributed by atoms with Crippen molar-refractivity contribution in [3.05, 3.63) is 24.0 Å². The Labute approximate surface area is 99.9 Å². The average Bonchev–Trinajstić information content (AvgIpc) is 2.28. The van der Waals surface area contributed by atoms with Crippen LogP contribution < -0.4 is 15.4 Å². The first kappa shape index (κ1) is 14.1. The fraction of sp³-hybridized carbons (Fsp3) is 0.300. The predicted octanol–water partition coefficient (Wildman–Crippen LogP) is 2.52. The normalized spacial score (nSPS) is 10.9. The molecule has 0 fully saturated rings. The van der Waals surface area contributed by atoms with E-state index in [4.69, 9.17) is 4.74 Å². The lowest BCUT2D eigenvalue weighted by Crippen LogP contribution is -2.36. The number of alkyl halides is 3. The van der Waals surface area contributed by atoms with Crippen molar-refractivity contribution in [2.45, 2.75) is 6.18 Å². The van der Waals surface area contributed by atoms with Crippen molar-refractivity contribution in [3.8, 4) is 5.75 Å². The lowest BCUT2D eigenvalue weighted by molar-refractivity contribution is -0.122. The molecule has 1 rings (SSSR count). The van der Waals surface area contributed by atoms with Crippen LogP contribution in [0.1, 0.15) is 0 Å². The van der Waals surface area contributed by atoms with E-state index in [-0.39, 0.29) is 11.4 Å². The van der Waals surface area contributed by atoms with Gasteiger partial charge in [-0.15, -0.1) is 0 Å². The quantitative estimate of drug-likeness (QED) is 0.826. The molecule has 0 radical (unpaired) electrons. The number of rotatable bonds is 3. The summed E-state index contributed by atoms with van der Waals surface area (Å²) < 4.78 is 53.1. The average molecular weight is 266 g/mol. The Balaban J connectivity index is 2.64. The number of ether oxygens (including phenoxy) is 1. The molecule has 0 saturated carbocycles. The van der Waals surface area contributed by atoms with Crippen LogP contribution in [-0.4, -0.2) is 25.9 Å². The van der Waals surface area contributed by atoms with Crippen LogP contribution in [0.3, 0.4) is 0 Å². The summed E-state index contributed by atoms with van der Waals surface area (Å²) in [7, 11) is 1.24. The molecule has 0 aliphatic heterocycles. The second kappa shape index (κ2) is 5.56. The third-order valence-corrected chi connectivity index (χ3v) is 1.86. The van der Waals surface area contributed by atoms with E-state index in [2.05, 4.69) is 5.32 Å². The summed E-state index contributed by atoms with van der Waals surface area (Å²) in [5.74, 6) is -0.578. The number of urea groups is 1. The molecule has 1 aromatic rings. The first-order chi connectivity index (χ1) is 8.31. The van der Waals surface area contributed by atoms with E-state index in [0.29, 0.717) is 0 Å².